The van der Waals surface area contributed by atoms with Gasteiger partial charge in [-0.1, -0.05) is 48.1 Å². The van der Waals surface area contributed by atoms with Gasteiger partial charge in [-0.25, -0.2) is 0 Å². The highest BCUT2D eigenvalue weighted by Gasteiger charge is 2.31. The lowest BCUT2D eigenvalue weighted by molar-refractivity contribution is 0.0557. The Labute approximate surface area is 99.3 Å². The number of allylic oxidation sites excluding steroid dienone is 1. The molecule has 0 aromatic heterocycles. The molecule has 0 radical (unpaired) electrons. The van der Waals surface area contributed by atoms with Crippen LogP contribution in [0, 0.1) is 10.8 Å². The van der Waals surface area contributed by atoms with Crippen LogP contribution in [0.5, 0.6) is 0 Å². The molecule has 0 N–H and O–H groups in total. The largest absolute Gasteiger partial charge is 0.490 e. The standard InChI is InChI=1S/C14H24O2/c1-10-9-15-11(13(2,3)4)8-12(16-10)14(5,6)7/h8,12H,1,9H2,2-7H3. The van der Waals surface area contributed by atoms with Crippen LogP contribution in [0.25, 0.3) is 0 Å². The van der Waals surface area contributed by atoms with E-state index in [0.29, 0.717) is 12.4 Å². The lowest BCUT2D eigenvalue weighted by atomic mass is 9.85. The SMILES string of the molecule is C=C1COC(C(C)(C)C)=CC(C(C)(C)C)O1. The van der Waals surface area contributed by atoms with Crippen molar-refractivity contribution in [1.29, 1.82) is 0 Å². The fourth-order valence-corrected chi connectivity index (χ4v) is 1.48. The molecule has 1 heterocycles. The second-order valence-corrected chi connectivity index (χ2v) is 6.51. The normalized spacial score (nSPS) is 23.0. The molecule has 0 saturated carbocycles. The Hall–Kier alpha value is -0.920. The summed E-state index contributed by atoms with van der Waals surface area (Å²) < 4.78 is 11.5. The van der Waals surface area contributed by atoms with Crippen LogP contribution in [0.2, 0.25) is 0 Å². The molecule has 2 heteroatoms. The Morgan fingerprint density at radius 2 is 1.75 bits per heavy atom. The van der Waals surface area contributed by atoms with Gasteiger partial charge in [-0.05, 0) is 6.08 Å². The van der Waals surface area contributed by atoms with Gasteiger partial charge in [0.15, 0.2) is 0 Å². The molecule has 0 aromatic carbocycles. The molecule has 0 fully saturated rings. The summed E-state index contributed by atoms with van der Waals surface area (Å²) in [6.45, 7) is 17.2. The summed E-state index contributed by atoms with van der Waals surface area (Å²) >= 11 is 0. The van der Waals surface area contributed by atoms with Crippen molar-refractivity contribution < 1.29 is 9.47 Å². The molecular formula is C14H24O2. The minimum atomic E-state index is 0.0114. The molecule has 1 aliphatic rings. The van der Waals surface area contributed by atoms with Crippen molar-refractivity contribution >= 4 is 0 Å². The number of rotatable bonds is 0. The molecule has 1 aliphatic heterocycles. The highest BCUT2D eigenvalue weighted by Crippen LogP contribution is 2.34. The van der Waals surface area contributed by atoms with Crippen LogP contribution in [-0.2, 0) is 9.47 Å². The smallest absolute Gasteiger partial charge is 0.144 e. The van der Waals surface area contributed by atoms with Crippen LogP contribution in [0.15, 0.2) is 24.2 Å². The first-order valence-corrected chi connectivity index (χ1v) is 5.80. The molecule has 2 nitrogen and oxygen atoms in total. The van der Waals surface area contributed by atoms with E-state index in [-0.39, 0.29) is 16.9 Å². The van der Waals surface area contributed by atoms with E-state index in [2.05, 4.69) is 54.2 Å². The number of hydrogen-bond acceptors (Lipinski definition) is 2. The summed E-state index contributed by atoms with van der Waals surface area (Å²) in [4.78, 5) is 0. The third-order valence-corrected chi connectivity index (χ3v) is 2.58. The van der Waals surface area contributed by atoms with Crippen molar-refractivity contribution in [2.75, 3.05) is 6.61 Å². The van der Waals surface area contributed by atoms with Gasteiger partial charge in [-0.15, -0.1) is 0 Å². The van der Waals surface area contributed by atoms with Gasteiger partial charge in [-0.3, -0.25) is 0 Å². The summed E-state index contributed by atoms with van der Waals surface area (Å²) in [5.74, 6) is 1.70. The van der Waals surface area contributed by atoms with E-state index in [1.165, 1.54) is 0 Å². The zero-order chi connectivity index (χ0) is 12.6. The van der Waals surface area contributed by atoms with Gasteiger partial charge in [0.2, 0.25) is 0 Å². The monoisotopic (exact) mass is 224 g/mol. The minimum absolute atomic E-state index is 0.0114. The average Bonchev–Trinajstić information content (AvgIpc) is 2.24. The summed E-state index contributed by atoms with van der Waals surface area (Å²) in [6.07, 6.45) is 2.12. The Balaban J connectivity index is 3.02. The van der Waals surface area contributed by atoms with Gasteiger partial charge in [-0.2, -0.15) is 0 Å². The van der Waals surface area contributed by atoms with Gasteiger partial charge in [0, 0.05) is 10.8 Å². The predicted octanol–water partition coefficient (Wildman–Crippen LogP) is 3.89. The maximum Gasteiger partial charge on any atom is 0.144 e. The van der Waals surface area contributed by atoms with E-state index in [1.54, 1.807) is 0 Å². The van der Waals surface area contributed by atoms with Crippen molar-refractivity contribution in [3.63, 3.8) is 0 Å². The minimum Gasteiger partial charge on any atom is -0.490 e. The first-order valence-electron chi connectivity index (χ1n) is 5.80. The van der Waals surface area contributed by atoms with Gasteiger partial charge in [0.05, 0.1) is 0 Å². The maximum absolute atomic E-state index is 5.81. The van der Waals surface area contributed by atoms with Crippen LogP contribution >= 0.6 is 0 Å². The highest BCUT2D eigenvalue weighted by molar-refractivity contribution is 5.12. The van der Waals surface area contributed by atoms with Crippen molar-refractivity contribution in [2.24, 2.45) is 10.8 Å². The van der Waals surface area contributed by atoms with E-state index in [1.807, 2.05) is 0 Å². The van der Waals surface area contributed by atoms with Crippen molar-refractivity contribution in [3.8, 4) is 0 Å². The fourth-order valence-electron chi connectivity index (χ4n) is 1.48. The molecule has 0 amide bonds. The second kappa shape index (κ2) is 4.15. The maximum atomic E-state index is 5.81. The zero-order valence-corrected chi connectivity index (χ0v) is 11.4. The van der Waals surface area contributed by atoms with Gasteiger partial charge < -0.3 is 9.47 Å². The van der Waals surface area contributed by atoms with E-state index >= 15 is 0 Å². The first kappa shape index (κ1) is 13.1. The summed E-state index contributed by atoms with van der Waals surface area (Å²) in [5.41, 5.74) is 0.0601. The summed E-state index contributed by atoms with van der Waals surface area (Å²) in [7, 11) is 0. The van der Waals surface area contributed by atoms with Gasteiger partial charge in [0.1, 0.15) is 24.2 Å². The van der Waals surface area contributed by atoms with E-state index < -0.39 is 0 Å². The second-order valence-electron chi connectivity index (χ2n) is 6.51. The van der Waals surface area contributed by atoms with E-state index in [4.69, 9.17) is 9.47 Å². The Kier molecular flexibility index (Phi) is 3.41. The lowest BCUT2D eigenvalue weighted by Crippen LogP contribution is -2.27. The molecular weight excluding hydrogens is 200 g/mol. The third kappa shape index (κ3) is 3.29. The molecule has 0 bridgehead atoms. The van der Waals surface area contributed by atoms with Crippen molar-refractivity contribution in [3.05, 3.63) is 24.2 Å². The number of ether oxygens (including phenoxy) is 2. The molecule has 92 valence electrons. The summed E-state index contributed by atoms with van der Waals surface area (Å²) in [6, 6.07) is 0. The molecule has 16 heavy (non-hydrogen) atoms. The van der Waals surface area contributed by atoms with E-state index in [0.717, 1.165) is 5.76 Å². The molecule has 1 rings (SSSR count). The topological polar surface area (TPSA) is 18.5 Å². The molecule has 1 atom stereocenters. The third-order valence-electron chi connectivity index (χ3n) is 2.58. The predicted molar refractivity (Wildman–Crippen MR) is 67.0 cm³/mol. The first-order chi connectivity index (χ1) is 7.10. The van der Waals surface area contributed by atoms with Crippen LogP contribution in [-0.4, -0.2) is 12.7 Å². The van der Waals surface area contributed by atoms with Crippen LogP contribution in [0.4, 0.5) is 0 Å². The zero-order valence-electron chi connectivity index (χ0n) is 11.4. The molecule has 0 saturated heterocycles. The quantitative estimate of drug-likeness (QED) is 0.621. The van der Waals surface area contributed by atoms with Crippen molar-refractivity contribution in [2.45, 2.75) is 47.6 Å². The lowest BCUT2D eigenvalue weighted by Gasteiger charge is -2.29. The highest BCUT2D eigenvalue weighted by atomic mass is 16.5. The Bertz CT molecular complexity index is 300. The van der Waals surface area contributed by atoms with E-state index in [9.17, 15) is 0 Å². The molecule has 1 unspecified atom stereocenters. The molecule has 0 spiro atoms. The van der Waals surface area contributed by atoms with Gasteiger partial charge >= 0.3 is 0 Å². The molecule has 0 aromatic rings. The van der Waals surface area contributed by atoms with Crippen LogP contribution < -0.4 is 0 Å². The average molecular weight is 224 g/mol. The summed E-state index contributed by atoms with van der Waals surface area (Å²) in [5, 5.41) is 0. The number of hydrogen-bond donors (Lipinski definition) is 0. The Morgan fingerprint density at radius 1 is 1.19 bits per heavy atom. The van der Waals surface area contributed by atoms with Crippen molar-refractivity contribution in [1.82, 2.24) is 0 Å². The Morgan fingerprint density at radius 3 is 2.19 bits per heavy atom. The van der Waals surface area contributed by atoms with Crippen LogP contribution in [0.3, 0.4) is 0 Å². The fraction of sp³-hybridized carbons (Fsp3) is 0.714. The van der Waals surface area contributed by atoms with Crippen LogP contribution in [0.1, 0.15) is 41.5 Å². The molecule has 0 aliphatic carbocycles. The van der Waals surface area contributed by atoms with Gasteiger partial charge in [0.25, 0.3) is 0 Å².